The molecule has 2 fully saturated rings. The Kier molecular flexibility index (Phi) is 5.54. The SMILES string of the molecule is CN1C[C@H](CCOC(=O)N2CCOCC2)CC2c3cccc4c3c(c(Br)n4C)C[C@H]21. The van der Waals surface area contributed by atoms with Gasteiger partial charge in [0, 0.05) is 49.5 Å². The van der Waals surface area contributed by atoms with Crippen molar-refractivity contribution >= 4 is 32.9 Å². The molecule has 3 aliphatic rings. The lowest BCUT2D eigenvalue weighted by Crippen LogP contribution is -2.48. The number of likely N-dealkylation sites (N-methyl/N-ethyl adjacent to an activating group) is 1. The fraction of sp³-hybridized carbons (Fsp3) is 0.609. The van der Waals surface area contributed by atoms with E-state index in [4.69, 9.17) is 9.47 Å². The summed E-state index contributed by atoms with van der Waals surface area (Å²) in [7, 11) is 4.40. The molecule has 2 saturated heterocycles. The van der Waals surface area contributed by atoms with E-state index in [1.807, 2.05) is 0 Å². The second-order valence-corrected chi connectivity index (χ2v) is 9.74. The number of fused-ring (bicyclic) bond motifs is 2. The van der Waals surface area contributed by atoms with Gasteiger partial charge in [-0.15, -0.1) is 0 Å². The zero-order valence-corrected chi connectivity index (χ0v) is 19.4. The molecule has 3 atom stereocenters. The molecular formula is C23H30BrN3O3. The van der Waals surface area contributed by atoms with Gasteiger partial charge in [-0.2, -0.15) is 0 Å². The highest BCUT2D eigenvalue weighted by Crippen LogP contribution is 2.47. The van der Waals surface area contributed by atoms with Crippen molar-refractivity contribution in [2.24, 2.45) is 13.0 Å². The Morgan fingerprint density at radius 1 is 1.27 bits per heavy atom. The van der Waals surface area contributed by atoms with E-state index in [1.54, 1.807) is 4.90 Å². The van der Waals surface area contributed by atoms with Crippen molar-refractivity contribution in [1.29, 1.82) is 0 Å². The first-order valence-corrected chi connectivity index (χ1v) is 11.8. The van der Waals surface area contributed by atoms with Gasteiger partial charge in [0.25, 0.3) is 0 Å². The third-order valence-corrected chi connectivity index (χ3v) is 8.29. The zero-order valence-electron chi connectivity index (χ0n) is 17.8. The van der Waals surface area contributed by atoms with Crippen molar-refractivity contribution in [3.63, 3.8) is 0 Å². The van der Waals surface area contributed by atoms with Crippen LogP contribution >= 0.6 is 15.9 Å². The van der Waals surface area contributed by atoms with Crippen LogP contribution in [0.5, 0.6) is 0 Å². The normalized spacial score (nSPS) is 26.6. The minimum Gasteiger partial charge on any atom is -0.449 e. The first-order valence-electron chi connectivity index (χ1n) is 11.0. The van der Waals surface area contributed by atoms with Gasteiger partial charge in [0.1, 0.15) is 0 Å². The van der Waals surface area contributed by atoms with E-state index in [0.717, 1.165) is 25.8 Å². The predicted octanol–water partition coefficient (Wildman–Crippen LogP) is 3.76. The van der Waals surface area contributed by atoms with Gasteiger partial charge in [-0.05, 0) is 65.4 Å². The monoisotopic (exact) mass is 475 g/mol. The molecule has 30 heavy (non-hydrogen) atoms. The largest absolute Gasteiger partial charge is 0.449 e. The maximum absolute atomic E-state index is 12.3. The third-order valence-electron chi connectivity index (χ3n) is 7.28. The van der Waals surface area contributed by atoms with E-state index in [9.17, 15) is 4.79 Å². The molecule has 2 aromatic rings. The topological polar surface area (TPSA) is 46.9 Å². The zero-order chi connectivity index (χ0) is 20.8. The molecule has 7 heteroatoms. The maximum atomic E-state index is 12.3. The van der Waals surface area contributed by atoms with Crippen LogP contribution in [0.3, 0.4) is 0 Å². The van der Waals surface area contributed by atoms with E-state index < -0.39 is 0 Å². The quantitative estimate of drug-likeness (QED) is 0.677. The number of aromatic nitrogens is 1. The van der Waals surface area contributed by atoms with Crippen LogP contribution in [0, 0.1) is 5.92 Å². The number of hydrogen-bond donors (Lipinski definition) is 0. The van der Waals surface area contributed by atoms with Gasteiger partial charge in [-0.25, -0.2) is 4.79 Å². The first kappa shape index (κ1) is 20.3. The summed E-state index contributed by atoms with van der Waals surface area (Å²) in [6.07, 6.45) is 2.98. The van der Waals surface area contributed by atoms with E-state index >= 15 is 0 Å². The maximum Gasteiger partial charge on any atom is 0.409 e. The highest BCUT2D eigenvalue weighted by molar-refractivity contribution is 9.10. The van der Waals surface area contributed by atoms with Crippen molar-refractivity contribution in [2.45, 2.75) is 31.2 Å². The molecule has 0 bridgehead atoms. The average molecular weight is 476 g/mol. The van der Waals surface area contributed by atoms with E-state index in [1.165, 1.54) is 26.6 Å². The molecule has 2 aliphatic heterocycles. The summed E-state index contributed by atoms with van der Waals surface area (Å²) >= 11 is 3.83. The first-order chi connectivity index (χ1) is 14.5. The van der Waals surface area contributed by atoms with E-state index in [-0.39, 0.29) is 6.09 Å². The molecule has 0 spiro atoms. The number of halogens is 1. The number of carbonyl (C=O) groups excluding carboxylic acids is 1. The summed E-state index contributed by atoms with van der Waals surface area (Å²) in [5, 5.41) is 1.45. The van der Waals surface area contributed by atoms with Gasteiger partial charge in [0.15, 0.2) is 0 Å². The standard InChI is InChI=1S/C23H30BrN3O3/c1-25-14-15(6-9-30-23(28)27-7-10-29-11-8-27)12-17-16-4-3-5-19-21(16)18(13-20(17)25)22(24)26(19)2/h3-5,15,17,20H,6-14H2,1-2H3/t15-,17?,20-/m1/s1. The van der Waals surface area contributed by atoms with Crippen molar-refractivity contribution in [2.75, 3.05) is 46.5 Å². The number of nitrogens with zero attached hydrogens (tertiary/aromatic N) is 3. The number of likely N-dealkylation sites (tertiary alicyclic amines) is 1. The lowest BCUT2D eigenvalue weighted by atomic mass is 9.72. The van der Waals surface area contributed by atoms with Gasteiger partial charge in [0.2, 0.25) is 0 Å². The molecule has 1 aliphatic carbocycles. The Hall–Kier alpha value is -1.57. The summed E-state index contributed by atoms with van der Waals surface area (Å²) in [4.78, 5) is 16.5. The molecule has 1 aromatic heterocycles. The van der Waals surface area contributed by atoms with Gasteiger partial charge >= 0.3 is 6.09 Å². The molecule has 1 aromatic carbocycles. The molecule has 5 rings (SSSR count). The highest BCUT2D eigenvalue weighted by Gasteiger charge is 2.40. The number of benzene rings is 1. The van der Waals surface area contributed by atoms with Crippen molar-refractivity contribution in [3.8, 4) is 0 Å². The van der Waals surface area contributed by atoms with Crippen LogP contribution in [-0.2, 0) is 22.9 Å². The van der Waals surface area contributed by atoms with Gasteiger partial charge in [-0.3, -0.25) is 0 Å². The molecule has 0 radical (unpaired) electrons. The number of piperidine rings is 1. The van der Waals surface area contributed by atoms with E-state index in [2.05, 4.69) is 57.7 Å². The molecular weight excluding hydrogens is 446 g/mol. The summed E-state index contributed by atoms with van der Waals surface area (Å²) in [6, 6.07) is 7.28. The molecule has 3 heterocycles. The lowest BCUT2D eigenvalue weighted by molar-refractivity contribution is 0.0232. The van der Waals surface area contributed by atoms with Gasteiger partial charge in [0.05, 0.1) is 24.4 Å². The van der Waals surface area contributed by atoms with E-state index in [0.29, 0.717) is 50.8 Å². The smallest absolute Gasteiger partial charge is 0.409 e. The van der Waals surface area contributed by atoms with Crippen LogP contribution in [0.15, 0.2) is 22.8 Å². The molecule has 6 nitrogen and oxygen atoms in total. The summed E-state index contributed by atoms with van der Waals surface area (Å²) in [6.45, 7) is 4.04. The summed E-state index contributed by atoms with van der Waals surface area (Å²) in [5.74, 6) is 1.08. The minimum absolute atomic E-state index is 0.193. The summed E-state index contributed by atoms with van der Waals surface area (Å²) in [5.41, 5.74) is 4.26. The number of rotatable bonds is 3. The Bertz CT molecular complexity index is 953. The number of hydrogen-bond acceptors (Lipinski definition) is 4. The van der Waals surface area contributed by atoms with Crippen molar-refractivity contribution < 1.29 is 14.3 Å². The number of amides is 1. The number of ether oxygens (including phenoxy) is 2. The highest BCUT2D eigenvalue weighted by atomic mass is 79.9. The second kappa shape index (κ2) is 8.17. The van der Waals surface area contributed by atoms with Crippen LogP contribution < -0.4 is 0 Å². The summed E-state index contributed by atoms with van der Waals surface area (Å²) < 4.78 is 14.4. The Labute approximate surface area is 186 Å². The fourth-order valence-corrected chi connectivity index (χ4v) is 6.26. The minimum atomic E-state index is -0.193. The van der Waals surface area contributed by atoms with Crippen LogP contribution in [0.2, 0.25) is 0 Å². The Morgan fingerprint density at radius 3 is 2.87 bits per heavy atom. The van der Waals surface area contributed by atoms with Gasteiger partial charge < -0.3 is 23.8 Å². The molecule has 1 unspecified atom stereocenters. The third kappa shape index (κ3) is 3.45. The Morgan fingerprint density at radius 2 is 2.07 bits per heavy atom. The second-order valence-electron chi connectivity index (χ2n) is 8.99. The average Bonchev–Trinajstić information content (AvgIpc) is 3.01. The van der Waals surface area contributed by atoms with Crippen LogP contribution in [-0.4, -0.2) is 73.0 Å². The van der Waals surface area contributed by atoms with Crippen LogP contribution in [0.4, 0.5) is 4.79 Å². The van der Waals surface area contributed by atoms with Crippen molar-refractivity contribution in [1.82, 2.24) is 14.4 Å². The van der Waals surface area contributed by atoms with Crippen molar-refractivity contribution in [3.05, 3.63) is 33.9 Å². The fourth-order valence-electron chi connectivity index (χ4n) is 5.71. The van der Waals surface area contributed by atoms with Crippen LogP contribution in [0.25, 0.3) is 10.9 Å². The molecule has 0 N–H and O–H groups in total. The predicted molar refractivity (Wildman–Crippen MR) is 120 cm³/mol. The molecule has 162 valence electrons. The molecule has 0 saturated carbocycles. The van der Waals surface area contributed by atoms with Gasteiger partial charge in [-0.1, -0.05) is 12.1 Å². The Balaban J connectivity index is 1.28. The lowest BCUT2D eigenvalue weighted by Gasteiger charge is -2.45. The van der Waals surface area contributed by atoms with Crippen LogP contribution in [0.1, 0.15) is 29.9 Å². The number of carbonyl (C=O) groups is 1. The molecule has 1 amide bonds. The number of morpholine rings is 1. The number of aryl methyl sites for hydroxylation is 1.